The number of piperidine rings is 1. The molecule has 0 aliphatic carbocycles. The van der Waals surface area contributed by atoms with Crippen molar-refractivity contribution in [3.63, 3.8) is 0 Å². The molecule has 0 radical (unpaired) electrons. The van der Waals surface area contributed by atoms with Gasteiger partial charge in [0.1, 0.15) is 0 Å². The lowest BCUT2D eigenvalue weighted by Crippen LogP contribution is -2.48. The molecule has 0 aromatic carbocycles. The molecular formula is C12H20N2O3. The lowest BCUT2D eigenvalue weighted by atomic mass is 9.96. The van der Waals surface area contributed by atoms with Crippen molar-refractivity contribution in [2.75, 3.05) is 26.7 Å². The lowest BCUT2D eigenvalue weighted by Gasteiger charge is -2.33. The van der Waals surface area contributed by atoms with Crippen LogP contribution in [-0.4, -0.2) is 59.5 Å². The molecule has 2 saturated heterocycles. The van der Waals surface area contributed by atoms with Crippen LogP contribution < -0.4 is 0 Å². The van der Waals surface area contributed by atoms with Crippen molar-refractivity contribution in [3.8, 4) is 0 Å². The highest BCUT2D eigenvalue weighted by Crippen LogP contribution is 2.22. The second-order valence-corrected chi connectivity index (χ2v) is 5.08. The summed E-state index contributed by atoms with van der Waals surface area (Å²) in [5.41, 5.74) is 0. The van der Waals surface area contributed by atoms with Crippen molar-refractivity contribution >= 4 is 11.9 Å². The highest BCUT2D eigenvalue weighted by Gasteiger charge is 2.34. The largest absolute Gasteiger partial charge is 0.481 e. The predicted octanol–water partition coefficient (Wildman–Crippen LogP) is 0.404. The molecule has 2 fully saturated rings. The molecule has 0 aromatic rings. The first kappa shape index (κ1) is 12.4. The Morgan fingerprint density at radius 1 is 1.12 bits per heavy atom. The van der Waals surface area contributed by atoms with Crippen molar-refractivity contribution < 1.29 is 14.7 Å². The molecule has 0 spiro atoms. The van der Waals surface area contributed by atoms with Gasteiger partial charge in [-0.2, -0.15) is 0 Å². The summed E-state index contributed by atoms with van der Waals surface area (Å²) in [4.78, 5) is 27.0. The van der Waals surface area contributed by atoms with Crippen molar-refractivity contribution in [2.24, 2.45) is 5.92 Å². The van der Waals surface area contributed by atoms with Gasteiger partial charge in [-0.15, -0.1) is 0 Å². The van der Waals surface area contributed by atoms with Crippen LogP contribution in [0.25, 0.3) is 0 Å². The standard InChI is InChI=1S/C12H20N2O3/c1-13-6-2-3-10(13)11(15)14-7-4-9(5-8-14)12(16)17/h9-10H,2-8H2,1H3,(H,16,17)/t10-/m0/s1. The molecule has 1 amide bonds. The molecule has 96 valence electrons. The number of hydrogen-bond acceptors (Lipinski definition) is 3. The summed E-state index contributed by atoms with van der Waals surface area (Å²) in [6.07, 6.45) is 3.21. The quantitative estimate of drug-likeness (QED) is 0.759. The fraction of sp³-hybridized carbons (Fsp3) is 0.833. The summed E-state index contributed by atoms with van der Waals surface area (Å²) in [7, 11) is 1.99. The SMILES string of the molecule is CN1CCC[C@H]1C(=O)N1CCC(C(=O)O)CC1. The summed E-state index contributed by atoms with van der Waals surface area (Å²) < 4.78 is 0. The van der Waals surface area contributed by atoms with Crippen molar-refractivity contribution in [1.82, 2.24) is 9.80 Å². The first-order valence-corrected chi connectivity index (χ1v) is 6.31. The third-order valence-electron chi connectivity index (χ3n) is 3.96. The van der Waals surface area contributed by atoms with Gasteiger partial charge in [0.15, 0.2) is 0 Å². The number of carbonyl (C=O) groups excluding carboxylic acids is 1. The highest BCUT2D eigenvalue weighted by atomic mass is 16.4. The Labute approximate surface area is 101 Å². The van der Waals surface area contributed by atoms with E-state index in [0.717, 1.165) is 19.4 Å². The first-order chi connectivity index (χ1) is 8.09. The second kappa shape index (κ2) is 5.04. The van der Waals surface area contributed by atoms with E-state index in [0.29, 0.717) is 25.9 Å². The summed E-state index contributed by atoms with van der Waals surface area (Å²) in [5, 5.41) is 8.91. The number of carboxylic acids is 1. The molecule has 0 unspecified atom stereocenters. The number of rotatable bonds is 2. The van der Waals surface area contributed by atoms with Crippen LogP contribution in [0.2, 0.25) is 0 Å². The Balaban J connectivity index is 1.88. The van der Waals surface area contributed by atoms with Gasteiger partial charge in [0, 0.05) is 13.1 Å². The maximum atomic E-state index is 12.2. The zero-order chi connectivity index (χ0) is 12.4. The molecule has 2 aliphatic heterocycles. The molecule has 1 atom stereocenters. The van der Waals surface area contributed by atoms with Gasteiger partial charge in [-0.1, -0.05) is 0 Å². The van der Waals surface area contributed by atoms with E-state index in [1.807, 2.05) is 11.9 Å². The minimum atomic E-state index is -0.727. The van der Waals surface area contributed by atoms with Crippen LogP contribution in [0.15, 0.2) is 0 Å². The van der Waals surface area contributed by atoms with Crippen LogP contribution in [0.1, 0.15) is 25.7 Å². The lowest BCUT2D eigenvalue weighted by molar-refractivity contribution is -0.146. The number of carbonyl (C=O) groups is 2. The van der Waals surface area contributed by atoms with Gasteiger partial charge in [-0.3, -0.25) is 14.5 Å². The van der Waals surface area contributed by atoms with Crippen LogP contribution in [0, 0.1) is 5.92 Å². The minimum absolute atomic E-state index is 0.0244. The van der Waals surface area contributed by atoms with Crippen LogP contribution in [0.5, 0.6) is 0 Å². The summed E-state index contributed by atoms with van der Waals surface area (Å²) in [5.74, 6) is -0.802. The zero-order valence-corrected chi connectivity index (χ0v) is 10.3. The van der Waals surface area contributed by atoms with E-state index in [4.69, 9.17) is 5.11 Å². The van der Waals surface area contributed by atoms with Crippen LogP contribution in [0.3, 0.4) is 0 Å². The number of hydrogen-bond donors (Lipinski definition) is 1. The van der Waals surface area contributed by atoms with E-state index in [-0.39, 0.29) is 17.9 Å². The average Bonchev–Trinajstić information content (AvgIpc) is 2.74. The monoisotopic (exact) mass is 240 g/mol. The molecule has 0 aromatic heterocycles. The molecule has 0 saturated carbocycles. The van der Waals surface area contributed by atoms with E-state index < -0.39 is 5.97 Å². The van der Waals surface area contributed by atoms with E-state index in [1.165, 1.54) is 0 Å². The molecule has 1 N–H and O–H groups in total. The number of carboxylic acid groups (broad SMARTS) is 1. The van der Waals surface area contributed by atoms with Crippen LogP contribution in [0.4, 0.5) is 0 Å². The molecule has 5 heteroatoms. The summed E-state index contributed by atoms with van der Waals surface area (Å²) >= 11 is 0. The minimum Gasteiger partial charge on any atom is -0.481 e. The Hall–Kier alpha value is -1.10. The first-order valence-electron chi connectivity index (χ1n) is 6.31. The maximum Gasteiger partial charge on any atom is 0.306 e. The molecule has 2 rings (SSSR count). The third-order valence-corrected chi connectivity index (χ3v) is 3.96. The van der Waals surface area contributed by atoms with Gasteiger partial charge in [0.05, 0.1) is 12.0 Å². The van der Waals surface area contributed by atoms with Crippen molar-refractivity contribution in [1.29, 1.82) is 0 Å². The number of likely N-dealkylation sites (N-methyl/N-ethyl adjacent to an activating group) is 1. The molecule has 0 bridgehead atoms. The highest BCUT2D eigenvalue weighted by molar-refractivity contribution is 5.82. The fourth-order valence-electron chi connectivity index (χ4n) is 2.78. The average molecular weight is 240 g/mol. The number of aliphatic carboxylic acids is 1. The van der Waals surface area contributed by atoms with Gasteiger partial charge >= 0.3 is 5.97 Å². The van der Waals surface area contributed by atoms with E-state index in [9.17, 15) is 9.59 Å². The summed E-state index contributed by atoms with van der Waals surface area (Å²) in [6.45, 7) is 2.18. The zero-order valence-electron chi connectivity index (χ0n) is 10.3. The molecule has 2 aliphatic rings. The topological polar surface area (TPSA) is 60.9 Å². The van der Waals surface area contributed by atoms with Gasteiger partial charge in [-0.25, -0.2) is 0 Å². The molecule has 2 heterocycles. The number of likely N-dealkylation sites (tertiary alicyclic amines) is 2. The van der Waals surface area contributed by atoms with Gasteiger partial charge in [0.25, 0.3) is 0 Å². The maximum absolute atomic E-state index is 12.2. The Kier molecular flexibility index (Phi) is 3.66. The van der Waals surface area contributed by atoms with E-state index in [1.54, 1.807) is 0 Å². The van der Waals surface area contributed by atoms with Gasteiger partial charge in [0.2, 0.25) is 5.91 Å². The third kappa shape index (κ3) is 2.60. The molecular weight excluding hydrogens is 220 g/mol. The van der Waals surface area contributed by atoms with Crippen molar-refractivity contribution in [3.05, 3.63) is 0 Å². The molecule has 17 heavy (non-hydrogen) atoms. The Morgan fingerprint density at radius 3 is 2.24 bits per heavy atom. The fourth-order valence-corrected chi connectivity index (χ4v) is 2.78. The van der Waals surface area contributed by atoms with Gasteiger partial charge in [-0.05, 0) is 39.3 Å². The van der Waals surface area contributed by atoms with E-state index >= 15 is 0 Å². The molecule has 5 nitrogen and oxygen atoms in total. The van der Waals surface area contributed by atoms with Gasteiger partial charge < -0.3 is 10.0 Å². The van der Waals surface area contributed by atoms with Crippen LogP contribution in [-0.2, 0) is 9.59 Å². The van der Waals surface area contributed by atoms with E-state index in [2.05, 4.69) is 4.90 Å². The smallest absolute Gasteiger partial charge is 0.306 e. The normalized spacial score (nSPS) is 27.4. The van der Waals surface area contributed by atoms with Crippen LogP contribution >= 0.6 is 0 Å². The summed E-state index contributed by atoms with van der Waals surface area (Å²) in [6, 6.07) is 0.0244. The van der Waals surface area contributed by atoms with Crippen molar-refractivity contribution in [2.45, 2.75) is 31.7 Å². The number of nitrogens with zero attached hydrogens (tertiary/aromatic N) is 2. The Morgan fingerprint density at radius 2 is 1.76 bits per heavy atom. The second-order valence-electron chi connectivity index (χ2n) is 5.08. The predicted molar refractivity (Wildman–Crippen MR) is 62.6 cm³/mol. The Bertz CT molecular complexity index is 311. The number of amides is 1.